The largest absolute Gasteiger partial charge is 0.396 e. The van der Waals surface area contributed by atoms with Gasteiger partial charge in [0.2, 0.25) is 0 Å². The van der Waals surface area contributed by atoms with Crippen molar-refractivity contribution < 1.29 is 14.6 Å². The highest BCUT2D eigenvalue weighted by Gasteiger charge is 2.68. The molecule has 5 fully saturated rings. The molecular weight excluding hydrogens is 384 g/mol. The van der Waals surface area contributed by atoms with Gasteiger partial charge >= 0.3 is 0 Å². The number of fused-ring (bicyclic) bond motifs is 7. The molecule has 1 heterocycles. The Labute approximate surface area is 191 Å². The van der Waals surface area contributed by atoms with Crippen molar-refractivity contribution in [2.45, 2.75) is 110 Å². The van der Waals surface area contributed by atoms with E-state index in [1.807, 2.05) is 7.11 Å². The van der Waals surface area contributed by atoms with Gasteiger partial charge < -0.3 is 14.6 Å². The predicted molar refractivity (Wildman–Crippen MR) is 124 cm³/mol. The van der Waals surface area contributed by atoms with Gasteiger partial charge in [0.25, 0.3) is 0 Å². The van der Waals surface area contributed by atoms with E-state index in [1.54, 1.807) is 0 Å². The van der Waals surface area contributed by atoms with Crippen molar-refractivity contribution in [3.63, 3.8) is 0 Å². The smallest absolute Gasteiger partial charge is 0.171 e. The Morgan fingerprint density at radius 3 is 2.58 bits per heavy atom. The molecule has 4 saturated carbocycles. The van der Waals surface area contributed by atoms with Gasteiger partial charge in [-0.1, -0.05) is 40.5 Å². The van der Waals surface area contributed by atoms with Crippen molar-refractivity contribution in [3.05, 3.63) is 0 Å². The Morgan fingerprint density at radius 2 is 1.84 bits per heavy atom. The fraction of sp³-hybridized carbons (Fsp3) is 1.00. The molecule has 0 bridgehead atoms. The second-order valence-electron chi connectivity index (χ2n) is 13.0. The maximum Gasteiger partial charge on any atom is 0.171 e. The van der Waals surface area contributed by atoms with E-state index >= 15 is 0 Å². The molecule has 3 unspecified atom stereocenters. The number of ether oxygens (including phenoxy) is 2. The minimum atomic E-state index is -0.448. The normalized spacial score (nSPS) is 54.6. The van der Waals surface area contributed by atoms with Gasteiger partial charge in [-0.15, -0.1) is 0 Å². The van der Waals surface area contributed by atoms with Crippen LogP contribution in [0.15, 0.2) is 0 Å². The maximum atomic E-state index is 9.52. The summed E-state index contributed by atoms with van der Waals surface area (Å²) < 4.78 is 13.1. The summed E-state index contributed by atoms with van der Waals surface area (Å²) in [6.07, 6.45) is 15.2. The third-order valence-corrected chi connectivity index (χ3v) is 11.9. The van der Waals surface area contributed by atoms with Crippen LogP contribution in [0.5, 0.6) is 0 Å². The Balaban J connectivity index is 1.37. The Morgan fingerprint density at radius 1 is 1.03 bits per heavy atom. The van der Waals surface area contributed by atoms with Crippen molar-refractivity contribution in [2.24, 2.45) is 52.3 Å². The molecule has 3 heteroatoms. The molecule has 5 rings (SSSR count). The lowest BCUT2D eigenvalue weighted by atomic mass is 9.44. The molecule has 1 N–H and O–H groups in total. The Kier molecular flexibility index (Phi) is 5.83. The van der Waals surface area contributed by atoms with Crippen LogP contribution in [0.2, 0.25) is 0 Å². The second-order valence-corrected chi connectivity index (χ2v) is 13.0. The SMILES string of the molecule is COC1(CCC(C)CO)O[C@H]2C[C@H]3[C@@H]4CCC5CCCC[C@]5(C)[C@H]4CC[C@]3(C)[C@H]2[C@@H]1C. The lowest BCUT2D eigenvalue weighted by Gasteiger charge is -2.60. The fourth-order valence-electron chi connectivity index (χ4n) is 10.1. The van der Waals surface area contributed by atoms with Crippen molar-refractivity contribution in [1.82, 2.24) is 0 Å². The average Bonchev–Trinajstić information content (AvgIpc) is 3.22. The summed E-state index contributed by atoms with van der Waals surface area (Å²) in [7, 11) is 1.85. The lowest BCUT2D eigenvalue weighted by molar-refractivity contribution is -0.239. The van der Waals surface area contributed by atoms with E-state index in [1.165, 1.54) is 57.8 Å². The predicted octanol–water partition coefficient (Wildman–Crippen LogP) is 6.43. The number of hydrogen-bond donors (Lipinski definition) is 1. The molecule has 11 atom stereocenters. The van der Waals surface area contributed by atoms with Crippen molar-refractivity contribution in [3.8, 4) is 0 Å². The van der Waals surface area contributed by atoms with E-state index in [9.17, 15) is 5.11 Å². The van der Waals surface area contributed by atoms with Crippen LogP contribution in [0.3, 0.4) is 0 Å². The first-order valence-corrected chi connectivity index (χ1v) is 13.6. The zero-order valence-corrected chi connectivity index (χ0v) is 20.9. The molecule has 0 amide bonds. The van der Waals surface area contributed by atoms with Gasteiger partial charge in [0.1, 0.15) is 0 Å². The molecule has 178 valence electrons. The zero-order chi connectivity index (χ0) is 22.0. The van der Waals surface area contributed by atoms with Crippen LogP contribution in [0.25, 0.3) is 0 Å². The first-order chi connectivity index (χ1) is 14.8. The molecule has 1 saturated heterocycles. The molecule has 0 aromatic heterocycles. The van der Waals surface area contributed by atoms with Gasteiger partial charge in [0, 0.05) is 26.1 Å². The van der Waals surface area contributed by atoms with Gasteiger partial charge in [-0.25, -0.2) is 0 Å². The summed E-state index contributed by atoms with van der Waals surface area (Å²) in [4.78, 5) is 0. The molecular formula is C28H48O3. The highest BCUT2D eigenvalue weighted by Crippen LogP contribution is 2.71. The van der Waals surface area contributed by atoms with Gasteiger partial charge in [-0.3, -0.25) is 0 Å². The topological polar surface area (TPSA) is 38.7 Å². The summed E-state index contributed by atoms with van der Waals surface area (Å²) in [5, 5.41) is 9.52. The molecule has 4 aliphatic carbocycles. The highest BCUT2D eigenvalue weighted by atomic mass is 16.7. The Hall–Kier alpha value is -0.120. The standard InChI is InChI=1S/C28H48O3/c1-18(17-29)11-15-28(30-5)19(2)25-24(31-28)16-23-21-10-9-20-8-6-7-13-26(20,3)22(21)12-14-27(23,25)4/h18-25,29H,6-17H2,1-5H3/t18?,19-,20?,21+,22-,23-,24-,25-,26-,27-,28?/m0/s1. The maximum absolute atomic E-state index is 9.52. The summed E-state index contributed by atoms with van der Waals surface area (Å²) >= 11 is 0. The fourth-order valence-corrected chi connectivity index (χ4v) is 10.1. The van der Waals surface area contributed by atoms with Crippen molar-refractivity contribution in [2.75, 3.05) is 13.7 Å². The van der Waals surface area contributed by atoms with Crippen LogP contribution in [-0.2, 0) is 9.47 Å². The van der Waals surface area contributed by atoms with E-state index in [4.69, 9.17) is 9.47 Å². The summed E-state index contributed by atoms with van der Waals surface area (Å²) in [6.45, 7) is 10.1. The zero-order valence-electron chi connectivity index (χ0n) is 20.9. The first-order valence-electron chi connectivity index (χ1n) is 13.6. The number of aliphatic hydroxyl groups is 1. The van der Waals surface area contributed by atoms with E-state index in [0.717, 1.165) is 36.5 Å². The van der Waals surface area contributed by atoms with Crippen LogP contribution in [-0.4, -0.2) is 30.7 Å². The van der Waals surface area contributed by atoms with E-state index in [-0.39, 0.29) is 6.61 Å². The summed E-state index contributed by atoms with van der Waals surface area (Å²) in [6, 6.07) is 0. The van der Waals surface area contributed by atoms with Gasteiger partial charge in [-0.2, -0.15) is 0 Å². The molecule has 0 radical (unpaired) electrons. The summed E-state index contributed by atoms with van der Waals surface area (Å²) in [5.74, 6) is 4.64. The van der Waals surface area contributed by atoms with E-state index < -0.39 is 5.79 Å². The quantitative estimate of drug-likeness (QED) is 0.544. The van der Waals surface area contributed by atoms with E-state index in [2.05, 4.69) is 27.7 Å². The minimum Gasteiger partial charge on any atom is -0.396 e. The highest BCUT2D eigenvalue weighted by molar-refractivity contribution is 5.14. The number of rotatable bonds is 5. The number of methoxy groups -OCH3 is 1. The molecule has 0 aromatic rings. The van der Waals surface area contributed by atoms with E-state index in [0.29, 0.717) is 34.7 Å². The van der Waals surface area contributed by atoms with Crippen molar-refractivity contribution >= 4 is 0 Å². The number of aliphatic hydroxyl groups excluding tert-OH is 1. The van der Waals surface area contributed by atoms with Gasteiger partial charge in [0.15, 0.2) is 5.79 Å². The molecule has 31 heavy (non-hydrogen) atoms. The molecule has 1 aliphatic heterocycles. The lowest BCUT2D eigenvalue weighted by Crippen LogP contribution is -2.53. The first kappa shape index (κ1) is 22.7. The average molecular weight is 433 g/mol. The van der Waals surface area contributed by atoms with Crippen LogP contribution in [0.1, 0.15) is 98.3 Å². The monoisotopic (exact) mass is 432 g/mol. The Bertz CT molecular complexity index is 665. The molecule has 0 aromatic carbocycles. The summed E-state index contributed by atoms with van der Waals surface area (Å²) in [5.41, 5.74) is 1.02. The van der Waals surface area contributed by atoms with Crippen LogP contribution < -0.4 is 0 Å². The van der Waals surface area contributed by atoms with Crippen LogP contribution >= 0.6 is 0 Å². The van der Waals surface area contributed by atoms with Crippen LogP contribution in [0.4, 0.5) is 0 Å². The third-order valence-electron chi connectivity index (χ3n) is 11.9. The second kappa shape index (κ2) is 7.98. The third kappa shape index (κ3) is 3.22. The van der Waals surface area contributed by atoms with Crippen LogP contribution in [0, 0.1) is 52.3 Å². The van der Waals surface area contributed by atoms with Gasteiger partial charge in [-0.05, 0) is 97.7 Å². The van der Waals surface area contributed by atoms with Gasteiger partial charge in [0.05, 0.1) is 6.10 Å². The molecule has 0 spiro atoms. The van der Waals surface area contributed by atoms with Crippen molar-refractivity contribution in [1.29, 1.82) is 0 Å². The molecule has 3 nitrogen and oxygen atoms in total. The molecule has 5 aliphatic rings. The minimum absolute atomic E-state index is 0.254. The number of hydrogen-bond acceptors (Lipinski definition) is 3.